The highest BCUT2D eigenvalue weighted by Crippen LogP contribution is 2.63. The monoisotopic (exact) mass is 309 g/mol. The average Bonchev–Trinajstić information content (AvgIpc) is 3.42. The van der Waals surface area contributed by atoms with Crippen LogP contribution in [0, 0.1) is 10.8 Å². The summed E-state index contributed by atoms with van der Waals surface area (Å²) >= 11 is 0. The summed E-state index contributed by atoms with van der Waals surface area (Å²) in [6.07, 6.45) is 7.80. The van der Waals surface area contributed by atoms with Crippen LogP contribution >= 0.6 is 0 Å². The van der Waals surface area contributed by atoms with Crippen LogP contribution in [0.5, 0.6) is 5.88 Å². The van der Waals surface area contributed by atoms with E-state index in [1.807, 2.05) is 12.1 Å². The first-order chi connectivity index (χ1) is 11.2. The number of amidine groups is 1. The maximum Gasteiger partial charge on any atom is 0.237 e. The van der Waals surface area contributed by atoms with Crippen LogP contribution < -0.4 is 10.1 Å². The summed E-state index contributed by atoms with van der Waals surface area (Å²) in [5.74, 6) is 2.13. The van der Waals surface area contributed by atoms with Crippen molar-refractivity contribution in [2.45, 2.75) is 32.1 Å². The van der Waals surface area contributed by atoms with Crippen LogP contribution in [0.3, 0.4) is 0 Å². The summed E-state index contributed by atoms with van der Waals surface area (Å²) in [6.45, 7) is 0.926. The predicted molar refractivity (Wildman–Crippen MR) is 89.5 cm³/mol. The van der Waals surface area contributed by atoms with Crippen molar-refractivity contribution < 1.29 is 4.74 Å². The van der Waals surface area contributed by atoms with Gasteiger partial charge in [-0.15, -0.1) is 0 Å². The van der Waals surface area contributed by atoms with Gasteiger partial charge in [0, 0.05) is 22.7 Å². The van der Waals surface area contributed by atoms with E-state index >= 15 is 0 Å². The van der Waals surface area contributed by atoms with Crippen LogP contribution in [0.25, 0.3) is 0 Å². The van der Waals surface area contributed by atoms with E-state index in [0.717, 1.165) is 24.5 Å². The molecule has 3 saturated carbocycles. The van der Waals surface area contributed by atoms with Crippen LogP contribution in [0.15, 0.2) is 33.3 Å². The Bertz CT molecular complexity index is 771. The van der Waals surface area contributed by atoms with Gasteiger partial charge < -0.3 is 10.1 Å². The zero-order chi connectivity index (χ0) is 15.5. The Balaban J connectivity index is 1.45. The standard InChI is InChI=1S/C17H19N5O/c1-23-13-11(3-2-8-18-13)20-15(21-12-9-16(12)4-5-16)22-14-17(6-7-17)10-19-14/h2-3,8H,4-7,9-10H2,1H3,(H,19,20,22). The van der Waals surface area contributed by atoms with E-state index in [4.69, 9.17) is 14.7 Å². The molecule has 0 saturated heterocycles. The maximum atomic E-state index is 5.31. The first-order valence-corrected chi connectivity index (χ1v) is 8.21. The van der Waals surface area contributed by atoms with Crippen molar-refractivity contribution in [1.82, 2.24) is 4.98 Å². The number of nitrogens with zero attached hydrogens (tertiary/aromatic N) is 4. The molecule has 6 nitrogen and oxygen atoms in total. The molecular formula is C17H19N5O. The van der Waals surface area contributed by atoms with Crippen molar-refractivity contribution in [1.29, 1.82) is 0 Å². The van der Waals surface area contributed by atoms with Crippen LogP contribution in [0.2, 0.25) is 0 Å². The summed E-state index contributed by atoms with van der Waals surface area (Å²) in [7, 11) is 1.62. The normalized spacial score (nSPS) is 26.7. The number of anilines is 1. The number of rotatable bonds is 2. The van der Waals surface area contributed by atoms with E-state index in [2.05, 4.69) is 15.3 Å². The van der Waals surface area contributed by atoms with Gasteiger partial charge in [0.15, 0.2) is 0 Å². The van der Waals surface area contributed by atoms with Gasteiger partial charge in [-0.05, 0) is 44.2 Å². The Morgan fingerprint density at radius 3 is 2.70 bits per heavy atom. The molecule has 2 heterocycles. The summed E-state index contributed by atoms with van der Waals surface area (Å²) < 4.78 is 5.31. The van der Waals surface area contributed by atoms with Crippen molar-refractivity contribution in [3.8, 4) is 5.88 Å². The summed E-state index contributed by atoms with van der Waals surface area (Å²) in [6, 6.07) is 3.80. The molecular weight excluding hydrogens is 290 g/mol. The predicted octanol–water partition coefficient (Wildman–Crippen LogP) is 2.68. The molecule has 4 aliphatic rings. The molecule has 3 fully saturated rings. The second kappa shape index (κ2) is 4.40. The van der Waals surface area contributed by atoms with Gasteiger partial charge in [-0.3, -0.25) is 4.99 Å². The third kappa shape index (κ3) is 2.16. The SMILES string of the molecule is COc1ncccc1NC(=NC1=NCC12CC2)N=C1CC12CC2. The molecule has 6 heteroatoms. The lowest BCUT2D eigenvalue weighted by Gasteiger charge is -2.22. The van der Waals surface area contributed by atoms with Crippen LogP contribution in [0.4, 0.5) is 5.69 Å². The third-order valence-electron chi connectivity index (χ3n) is 5.37. The van der Waals surface area contributed by atoms with Crippen molar-refractivity contribution in [3.05, 3.63) is 18.3 Å². The summed E-state index contributed by atoms with van der Waals surface area (Å²) in [5.41, 5.74) is 2.76. The molecule has 1 aliphatic heterocycles. The highest BCUT2D eigenvalue weighted by molar-refractivity contribution is 6.17. The molecule has 5 rings (SSSR count). The highest BCUT2D eigenvalue weighted by Gasteiger charge is 2.60. The number of aliphatic imine (C=N–C) groups is 3. The van der Waals surface area contributed by atoms with Crippen molar-refractivity contribution in [2.75, 3.05) is 19.0 Å². The first-order valence-electron chi connectivity index (χ1n) is 8.21. The van der Waals surface area contributed by atoms with Gasteiger partial charge in [0.05, 0.1) is 13.7 Å². The summed E-state index contributed by atoms with van der Waals surface area (Å²) in [4.78, 5) is 18.2. The fourth-order valence-corrected chi connectivity index (χ4v) is 3.19. The fourth-order valence-electron chi connectivity index (χ4n) is 3.19. The van der Waals surface area contributed by atoms with Gasteiger partial charge >= 0.3 is 0 Å². The fraction of sp³-hybridized carbons (Fsp3) is 0.529. The van der Waals surface area contributed by atoms with E-state index in [1.54, 1.807) is 13.3 Å². The minimum Gasteiger partial charge on any atom is -0.480 e. The molecule has 1 aromatic heterocycles. The van der Waals surface area contributed by atoms with E-state index in [9.17, 15) is 0 Å². The van der Waals surface area contributed by atoms with Gasteiger partial charge in [0.2, 0.25) is 11.8 Å². The lowest BCUT2D eigenvalue weighted by atomic mass is 10.0. The van der Waals surface area contributed by atoms with Gasteiger partial charge in [-0.25, -0.2) is 9.98 Å². The van der Waals surface area contributed by atoms with E-state index in [1.165, 1.54) is 31.4 Å². The topological polar surface area (TPSA) is 71.2 Å². The van der Waals surface area contributed by atoms with E-state index in [0.29, 0.717) is 17.3 Å². The molecule has 0 aromatic carbocycles. The number of pyridine rings is 1. The molecule has 118 valence electrons. The highest BCUT2D eigenvalue weighted by atomic mass is 16.5. The third-order valence-corrected chi connectivity index (χ3v) is 5.37. The molecule has 0 unspecified atom stereocenters. The second-order valence-corrected chi connectivity index (χ2v) is 7.06. The number of guanidine groups is 1. The van der Waals surface area contributed by atoms with Gasteiger partial charge in [0.25, 0.3) is 0 Å². The quantitative estimate of drug-likeness (QED) is 0.674. The minimum atomic E-state index is 0.271. The van der Waals surface area contributed by atoms with Gasteiger partial charge in [0.1, 0.15) is 11.5 Å². The molecule has 0 radical (unpaired) electrons. The van der Waals surface area contributed by atoms with Crippen molar-refractivity contribution in [2.24, 2.45) is 25.8 Å². The Morgan fingerprint density at radius 2 is 2.09 bits per heavy atom. The molecule has 23 heavy (non-hydrogen) atoms. The maximum absolute atomic E-state index is 5.31. The largest absolute Gasteiger partial charge is 0.480 e. The van der Waals surface area contributed by atoms with Crippen molar-refractivity contribution >= 4 is 23.2 Å². The number of hydrogen-bond acceptors (Lipinski definition) is 4. The Hall–Kier alpha value is -2.24. The Kier molecular flexibility index (Phi) is 2.53. The van der Waals surface area contributed by atoms with Crippen LogP contribution in [-0.2, 0) is 0 Å². The molecule has 2 spiro atoms. The zero-order valence-electron chi connectivity index (χ0n) is 13.2. The molecule has 3 aliphatic carbocycles. The zero-order valence-corrected chi connectivity index (χ0v) is 13.2. The number of aromatic nitrogens is 1. The lowest BCUT2D eigenvalue weighted by Crippen LogP contribution is -2.29. The molecule has 1 N–H and O–H groups in total. The smallest absolute Gasteiger partial charge is 0.237 e. The van der Waals surface area contributed by atoms with Gasteiger partial charge in [-0.1, -0.05) is 0 Å². The number of ether oxygens (including phenoxy) is 1. The minimum absolute atomic E-state index is 0.271. The Morgan fingerprint density at radius 1 is 1.26 bits per heavy atom. The van der Waals surface area contributed by atoms with Crippen LogP contribution in [-0.4, -0.2) is 36.1 Å². The molecule has 1 aromatic rings. The van der Waals surface area contributed by atoms with E-state index in [-0.39, 0.29) is 5.41 Å². The molecule has 0 atom stereocenters. The number of nitrogens with one attached hydrogen (secondary N) is 1. The van der Waals surface area contributed by atoms with Gasteiger partial charge in [-0.2, -0.15) is 4.99 Å². The first kappa shape index (κ1) is 13.2. The molecule has 0 amide bonds. The summed E-state index contributed by atoms with van der Waals surface area (Å²) in [5, 5.41) is 3.29. The van der Waals surface area contributed by atoms with Crippen LogP contribution in [0.1, 0.15) is 32.1 Å². The van der Waals surface area contributed by atoms with E-state index < -0.39 is 0 Å². The molecule has 0 bridgehead atoms. The second-order valence-electron chi connectivity index (χ2n) is 7.06. The number of methoxy groups -OCH3 is 1. The average molecular weight is 309 g/mol. The van der Waals surface area contributed by atoms with Crippen molar-refractivity contribution in [3.63, 3.8) is 0 Å². The Labute approximate surface area is 134 Å². The lowest BCUT2D eigenvalue weighted by molar-refractivity contribution is 0.400. The number of hydrogen-bond donors (Lipinski definition) is 1.